The molecule has 1 aromatic heterocycles. The number of amides is 1. The summed E-state index contributed by atoms with van der Waals surface area (Å²) in [7, 11) is 1.39. The SMILES string of the molecule is COc1ccc([N+](=O)[O-])cc1NC(=O)c1cncc(N)n1. The number of nitrogen functional groups attached to an aromatic ring is 1. The van der Waals surface area contributed by atoms with Crippen LogP contribution in [-0.2, 0) is 0 Å². The summed E-state index contributed by atoms with van der Waals surface area (Å²) in [5, 5.41) is 13.2. The molecule has 1 amide bonds. The molecule has 9 heteroatoms. The number of aromatic nitrogens is 2. The van der Waals surface area contributed by atoms with Crippen LogP contribution in [0.5, 0.6) is 5.75 Å². The number of benzene rings is 1. The van der Waals surface area contributed by atoms with Gasteiger partial charge in [-0.15, -0.1) is 0 Å². The quantitative estimate of drug-likeness (QED) is 0.638. The number of non-ortho nitro benzene ring substituents is 1. The van der Waals surface area contributed by atoms with E-state index in [0.29, 0.717) is 0 Å². The van der Waals surface area contributed by atoms with E-state index in [-0.39, 0.29) is 28.6 Å². The van der Waals surface area contributed by atoms with E-state index in [4.69, 9.17) is 10.5 Å². The molecule has 0 saturated carbocycles. The average molecular weight is 289 g/mol. The van der Waals surface area contributed by atoms with Crippen molar-refractivity contribution in [3.05, 3.63) is 46.4 Å². The van der Waals surface area contributed by atoms with E-state index >= 15 is 0 Å². The minimum absolute atomic E-state index is 0.0106. The van der Waals surface area contributed by atoms with Crippen LogP contribution in [0.15, 0.2) is 30.6 Å². The maximum absolute atomic E-state index is 12.0. The summed E-state index contributed by atoms with van der Waals surface area (Å²) in [5.74, 6) is -0.229. The second-order valence-electron chi connectivity index (χ2n) is 3.92. The highest BCUT2D eigenvalue weighted by Gasteiger charge is 2.15. The fourth-order valence-corrected chi connectivity index (χ4v) is 1.58. The molecule has 0 fully saturated rings. The maximum Gasteiger partial charge on any atom is 0.276 e. The Balaban J connectivity index is 2.31. The molecule has 0 spiro atoms. The normalized spacial score (nSPS) is 9.95. The van der Waals surface area contributed by atoms with Gasteiger partial charge in [-0.25, -0.2) is 4.98 Å². The first kappa shape index (κ1) is 14.2. The molecule has 2 rings (SSSR count). The van der Waals surface area contributed by atoms with Gasteiger partial charge >= 0.3 is 0 Å². The van der Waals surface area contributed by atoms with Crippen molar-refractivity contribution in [3.63, 3.8) is 0 Å². The molecular formula is C12H11N5O4. The predicted molar refractivity (Wildman–Crippen MR) is 74.0 cm³/mol. The van der Waals surface area contributed by atoms with Crippen LogP contribution >= 0.6 is 0 Å². The lowest BCUT2D eigenvalue weighted by Gasteiger charge is -2.09. The molecule has 1 aromatic carbocycles. The topological polar surface area (TPSA) is 133 Å². The Morgan fingerprint density at radius 2 is 2.19 bits per heavy atom. The first-order chi connectivity index (χ1) is 10.0. The third kappa shape index (κ3) is 3.21. The zero-order chi connectivity index (χ0) is 15.4. The van der Waals surface area contributed by atoms with E-state index in [2.05, 4.69) is 15.3 Å². The smallest absolute Gasteiger partial charge is 0.276 e. The second-order valence-corrected chi connectivity index (χ2v) is 3.92. The highest BCUT2D eigenvalue weighted by Crippen LogP contribution is 2.29. The molecule has 21 heavy (non-hydrogen) atoms. The van der Waals surface area contributed by atoms with Crippen LogP contribution in [0.4, 0.5) is 17.2 Å². The van der Waals surface area contributed by atoms with E-state index < -0.39 is 10.8 Å². The Bertz CT molecular complexity index is 704. The number of hydrogen-bond donors (Lipinski definition) is 2. The number of nitro groups is 1. The summed E-state index contributed by atoms with van der Waals surface area (Å²) in [6, 6.07) is 3.85. The summed E-state index contributed by atoms with van der Waals surface area (Å²) in [6.45, 7) is 0. The molecule has 0 aliphatic rings. The van der Waals surface area contributed by atoms with Crippen LogP contribution in [0.1, 0.15) is 10.5 Å². The van der Waals surface area contributed by atoms with Crippen molar-refractivity contribution in [1.82, 2.24) is 9.97 Å². The number of ether oxygens (including phenoxy) is 1. The zero-order valence-electron chi connectivity index (χ0n) is 10.9. The number of nitrogens with zero attached hydrogens (tertiary/aromatic N) is 3. The number of carbonyl (C=O) groups excluding carboxylic acids is 1. The molecular weight excluding hydrogens is 278 g/mol. The van der Waals surface area contributed by atoms with E-state index in [1.54, 1.807) is 0 Å². The maximum atomic E-state index is 12.0. The van der Waals surface area contributed by atoms with Gasteiger partial charge in [0.2, 0.25) is 0 Å². The molecule has 0 aliphatic carbocycles. The van der Waals surface area contributed by atoms with Crippen molar-refractivity contribution in [3.8, 4) is 5.75 Å². The highest BCUT2D eigenvalue weighted by molar-refractivity contribution is 6.03. The lowest BCUT2D eigenvalue weighted by Crippen LogP contribution is -2.15. The fraction of sp³-hybridized carbons (Fsp3) is 0.0833. The zero-order valence-corrected chi connectivity index (χ0v) is 10.9. The van der Waals surface area contributed by atoms with Gasteiger partial charge in [0.05, 0.1) is 30.1 Å². The summed E-state index contributed by atoms with van der Waals surface area (Å²) >= 11 is 0. The molecule has 0 aliphatic heterocycles. The van der Waals surface area contributed by atoms with Gasteiger partial charge in [0.15, 0.2) is 0 Å². The van der Waals surface area contributed by atoms with E-state index in [1.807, 2.05) is 0 Å². The Morgan fingerprint density at radius 3 is 2.81 bits per heavy atom. The molecule has 3 N–H and O–H groups in total. The van der Waals surface area contributed by atoms with Crippen molar-refractivity contribution in [2.24, 2.45) is 0 Å². The standard InChI is InChI=1S/C12H11N5O4/c1-21-10-3-2-7(17(19)20)4-8(10)16-12(18)9-5-14-6-11(13)15-9/h2-6H,1H3,(H2,13,15)(H,16,18). The lowest BCUT2D eigenvalue weighted by atomic mass is 10.2. The Hall–Kier alpha value is -3.23. The number of nitrogens with two attached hydrogens (primary N) is 1. The Labute approximate surface area is 118 Å². The molecule has 2 aromatic rings. The largest absolute Gasteiger partial charge is 0.495 e. The van der Waals surface area contributed by atoms with Crippen molar-refractivity contribution in [1.29, 1.82) is 0 Å². The van der Waals surface area contributed by atoms with Crippen molar-refractivity contribution in [2.45, 2.75) is 0 Å². The summed E-state index contributed by atoms with van der Waals surface area (Å²) in [6.07, 6.45) is 2.53. The van der Waals surface area contributed by atoms with Gasteiger partial charge in [-0.1, -0.05) is 0 Å². The minimum Gasteiger partial charge on any atom is -0.495 e. The van der Waals surface area contributed by atoms with Crippen LogP contribution in [-0.4, -0.2) is 27.9 Å². The van der Waals surface area contributed by atoms with E-state index in [0.717, 1.165) is 0 Å². The number of carbonyl (C=O) groups is 1. The van der Waals surface area contributed by atoms with Gasteiger partial charge in [0.1, 0.15) is 17.3 Å². The summed E-state index contributed by atoms with van der Waals surface area (Å²) < 4.78 is 5.04. The Morgan fingerprint density at radius 1 is 1.43 bits per heavy atom. The fourth-order valence-electron chi connectivity index (χ4n) is 1.58. The van der Waals surface area contributed by atoms with Gasteiger partial charge in [-0.3, -0.25) is 19.9 Å². The Kier molecular flexibility index (Phi) is 3.93. The first-order valence-electron chi connectivity index (χ1n) is 5.72. The first-order valence-corrected chi connectivity index (χ1v) is 5.72. The third-order valence-corrected chi connectivity index (χ3v) is 2.53. The summed E-state index contributed by atoms with van der Waals surface area (Å²) in [4.78, 5) is 29.8. The number of hydrogen-bond acceptors (Lipinski definition) is 7. The number of nitro benzene ring substituents is 1. The molecule has 1 heterocycles. The third-order valence-electron chi connectivity index (χ3n) is 2.53. The number of methoxy groups -OCH3 is 1. The molecule has 0 saturated heterocycles. The molecule has 0 atom stereocenters. The molecule has 108 valence electrons. The van der Waals surface area contributed by atoms with Crippen molar-refractivity contribution in [2.75, 3.05) is 18.2 Å². The monoisotopic (exact) mass is 289 g/mol. The van der Waals surface area contributed by atoms with E-state index in [9.17, 15) is 14.9 Å². The van der Waals surface area contributed by atoms with Gasteiger partial charge in [-0.05, 0) is 6.07 Å². The van der Waals surface area contributed by atoms with E-state index in [1.165, 1.54) is 37.7 Å². The van der Waals surface area contributed by atoms with Crippen molar-refractivity contribution < 1.29 is 14.5 Å². The number of nitrogens with one attached hydrogen (secondary N) is 1. The second kappa shape index (κ2) is 5.82. The minimum atomic E-state index is -0.603. The number of anilines is 2. The average Bonchev–Trinajstić information content (AvgIpc) is 2.47. The highest BCUT2D eigenvalue weighted by atomic mass is 16.6. The lowest BCUT2D eigenvalue weighted by molar-refractivity contribution is -0.384. The van der Waals surface area contributed by atoms with Gasteiger partial charge < -0.3 is 15.8 Å². The summed E-state index contributed by atoms with van der Waals surface area (Å²) in [5.41, 5.74) is 5.41. The van der Waals surface area contributed by atoms with Crippen molar-refractivity contribution >= 4 is 23.1 Å². The van der Waals surface area contributed by atoms with Gasteiger partial charge in [0.25, 0.3) is 11.6 Å². The van der Waals surface area contributed by atoms with Crippen LogP contribution < -0.4 is 15.8 Å². The molecule has 0 bridgehead atoms. The number of rotatable bonds is 4. The molecule has 0 radical (unpaired) electrons. The van der Waals surface area contributed by atoms with Gasteiger partial charge in [0, 0.05) is 12.1 Å². The molecule has 9 nitrogen and oxygen atoms in total. The molecule has 0 unspecified atom stereocenters. The van der Waals surface area contributed by atoms with Crippen LogP contribution in [0.3, 0.4) is 0 Å². The van der Waals surface area contributed by atoms with Crippen LogP contribution in [0.2, 0.25) is 0 Å². The van der Waals surface area contributed by atoms with Gasteiger partial charge in [-0.2, -0.15) is 0 Å². The van der Waals surface area contributed by atoms with Crippen LogP contribution in [0.25, 0.3) is 0 Å². The van der Waals surface area contributed by atoms with Crippen LogP contribution in [0, 0.1) is 10.1 Å². The predicted octanol–water partition coefficient (Wildman–Crippen LogP) is 1.23.